The molecule has 0 aliphatic rings. The Morgan fingerprint density at radius 1 is 0.632 bits per heavy atom. The number of alkyl halides is 2. The maximum Gasteiger partial charge on any atom is 0.0724 e. The number of hydrogen-bond donors (Lipinski definition) is 0. The quantitative estimate of drug-likeness (QED) is 0.623. The first-order valence-electron chi connectivity index (χ1n) is 6.18. The summed E-state index contributed by atoms with van der Waals surface area (Å²) in [6.07, 6.45) is 0. The molecule has 0 spiro atoms. The molecule has 0 bridgehead atoms. The Kier molecular flexibility index (Phi) is 6.08. The molecule has 0 fully saturated rings. The van der Waals surface area contributed by atoms with Crippen LogP contribution in [0.3, 0.4) is 0 Å². The topological polar surface area (TPSA) is 9.23 Å². The lowest BCUT2D eigenvalue weighted by molar-refractivity contribution is 0.106. The van der Waals surface area contributed by atoms with Gasteiger partial charge in [-0.05, 0) is 22.3 Å². The van der Waals surface area contributed by atoms with E-state index in [4.69, 9.17) is 4.74 Å². The van der Waals surface area contributed by atoms with Crippen LogP contribution < -0.4 is 0 Å². The fourth-order valence-electron chi connectivity index (χ4n) is 1.93. The van der Waals surface area contributed by atoms with E-state index in [2.05, 4.69) is 80.4 Å². The van der Waals surface area contributed by atoms with E-state index in [1.807, 2.05) is 0 Å². The Morgan fingerprint density at radius 2 is 1.00 bits per heavy atom. The minimum absolute atomic E-state index is 0.651. The third-order valence-electron chi connectivity index (χ3n) is 3.04. The third-order valence-corrected chi connectivity index (χ3v) is 4.25. The fraction of sp³-hybridized carbons (Fsp3) is 0.250. The third kappa shape index (κ3) is 4.16. The largest absolute Gasteiger partial charge is 0.372 e. The number of rotatable bonds is 6. The summed E-state index contributed by atoms with van der Waals surface area (Å²) in [5.74, 6) is 0. The second kappa shape index (κ2) is 7.83. The summed E-state index contributed by atoms with van der Waals surface area (Å²) in [4.78, 5) is 0. The summed E-state index contributed by atoms with van der Waals surface area (Å²) in [5.41, 5.74) is 5.07. The Morgan fingerprint density at radius 3 is 1.37 bits per heavy atom. The van der Waals surface area contributed by atoms with Crippen molar-refractivity contribution in [2.45, 2.75) is 23.9 Å². The average Bonchev–Trinajstić information content (AvgIpc) is 2.48. The van der Waals surface area contributed by atoms with Crippen LogP contribution in [-0.4, -0.2) is 0 Å². The molecular weight excluding hydrogens is 368 g/mol. The van der Waals surface area contributed by atoms with Crippen molar-refractivity contribution in [2.75, 3.05) is 0 Å². The lowest BCUT2D eigenvalue weighted by atomic mass is 10.1. The van der Waals surface area contributed by atoms with Crippen LogP contribution in [0, 0.1) is 0 Å². The molecule has 19 heavy (non-hydrogen) atoms. The average molecular weight is 384 g/mol. The molecule has 0 unspecified atom stereocenters. The predicted molar refractivity (Wildman–Crippen MR) is 86.6 cm³/mol. The van der Waals surface area contributed by atoms with Crippen molar-refractivity contribution in [1.29, 1.82) is 0 Å². The Bertz CT molecular complexity index is 478. The van der Waals surface area contributed by atoms with Crippen LogP contribution in [0.4, 0.5) is 0 Å². The van der Waals surface area contributed by atoms with Crippen molar-refractivity contribution >= 4 is 31.9 Å². The van der Waals surface area contributed by atoms with Crippen molar-refractivity contribution in [2.24, 2.45) is 0 Å². The molecule has 0 aromatic heterocycles. The van der Waals surface area contributed by atoms with E-state index in [1.54, 1.807) is 0 Å². The molecule has 0 aliphatic carbocycles. The van der Waals surface area contributed by atoms with E-state index in [1.165, 1.54) is 22.3 Å². The molecule has 3 heteroatoms. The molecule has 0 aliphatic heterocycles. The van der Waals surface area contributed by atoms with Gasteiger partial charge in [0.05, 0.1) is 13.2 Å². The molecule has 0 saturated heterocycles. The van der Waals surface area contributed by atoms with Gasteiger partial charge in [0.15, 0.2) is 0 Å². The van der Waals surface area contributed by atoms with Crippen LogP contribution in [0.25, 0.3) is 0 Å². The number of benzene rings is 2. The summed E-state index contributed by atoms with van der Waals surface area (Å²) in [7, 11) is 0. The Hall–Kier alpha value is -0.640. The standard InChI is InChI=1S/C16H16Br2O/c17-9-13-5-1-3-7-15(13)11-19-12-16-8-4-2-6-14(16)10-18/h1-8H,9-12H2. The summed E-state index contributed by atoms with van der Waals surface area (Å²) in [6, 6.07) is 16.7. The molecule has 0 radical (unpaired) electrons. The van der Waals surface area contributed by atoms with Gasteiger partial charge in [0.25, 0.3) is 0 Å². The van der Waals surface area contributed by atoms with Crippen LogP contribution in [0.15, 0.2) is 48.5 Å². The molecule has 1 nitrogen and oxygen atoms in total. The van der Waals surface area contributed by atoms with E-state index >= 15 is 0 Å². The van der Waals surface area contributed by atoms with Crippen LogP contribution in [-0.2, 0) is 28.6 Å². The van der Waals surface area contributed by atoms with Crippen molar-refractivity contribution in [3.63, 3.8) is 0 Å². The smallest absolute Gasteiger partial charge is 0.0724 e. The molecule has 2 rings (SSSR count). The zero-order valence-corrected chi connectivity index (χ0v) is 13.8. The highest BCUT2D eigenvalue weighted by Gasteiger charge is 2.03. The van der Waals surface area contributed by atoms with Gasteiger partial charge in [-0.2, -0.15) is 0 Å². The molecule has 0 heterocycles. The molecule has 100 valence electrons. The lowest BCUT2D eigenvalue weighted by Gasteiger charge is -2.10. The van der Waals surface area contributed by atoms with E-state index in [-0.39, 0.29) is 0 Å². The van der Waals surface area contributed by atoms with Gasteiger partial charge in [0.1, 0.15) is 0 Å². The minimum Gasteiger partial charge on any atom is -0.372 e. The van der Waals surface area contributed by atoms with Gasteiger partial charge in [0.2, 0.25) is 0 Å². The highest BCUT2D eigenvalue weighted by atomic mass is 79.9. The number of halogens is 2. The fourth-order valence-corrected chi connectivity index (χ4v) is 3.02. The molecular formula is C16H16Br2O. The minimum atomic E-state index is 0.651. The lowest BCUT2D eigenvalue weighted by Crippen LogP contribution is -1.99. The second-order valence-corrected chi connectivity index (χ2v) is 5.42. The van der Waals surface area contributed by atoms with Gasteiger partial charge >= 0.3 is 0 Å². The maximum absolute atomic E-state index is 5.85. The molecule has 0 N–H and O–H groups in total. The number of hydrogen-bond acceptors (Lipinski definition) is 1. The monoisotopic (exact) mass is 382 g/mol. The van der Waals surface area contributed by atoms with Gasteiger partial charge in [-0.25, -0.2) is 0 Å². The SMILES string of the molecule is BrCc1ccccc1COCc1ccccc1CBr. The first kappa shape index (κ1) is 14.8. The molecule has 2 aromatic carbocycles. The van der Waals surface area contributed by atoms with Crippen LogP contribution >= 0.6 is 31.9 Å². The number of ether oxygens (including phenoxy) is 1. The molecule has 2 aromatic rings. The van der Waals surface area contributed by atoms with Crippen molar-refractivity contribution in [3.05, 3.63) is 70.8 Å². The van der Waals surface area contributed by atoms with Gasteiger partial charge in [-0.1, -0.05) is 80.4 Å². The van der Waals surface area contributed by atoms with Crippen molar-refractivity contribution in [3.8, 4) is 0 Å². The van der Waals surface area contributed by atoms with Crippen LogP contribution in [0.1, 0.15) is 22.3 Å². The highest BCUT2D eigenvalue weighted by Crippen LogP contribution is 2.17. The van der Waals surface area contributed by atoms with Crippen molar-refractivity contribution < 1.29 is 4.74 Å². The van der Waals surface area contributed by atoms with Gasteiger partial charge in [0, 0.05) is 10.7 Å². The molecule has 0 saturated carbocycles. The highest BCUT2D eigenvalue weighted by molar-refractivity contribution is 9.08. The zero-order chi connectivity index (χ0) is 13.5. The second-order valence-electron chi connectivity index (χ2n) is 4.30. The van der Waals surface area contributed by atoms with Crippen LogP contribution in [0.5, 0.6) is 0 Å². The van der Waals surface area contributed by atoms with Gasteiger partial charge < -0.3 is 4.74 Å². The summed E-state index contributed by atoms with van der Waals surface area (Å²) < 4.78 is 5.85. The zero-order valence-electron chi connectivity index (χ0n) is 10.6. The van der Waals surface area contributed by atoms with Gasteiger partial charge in [-0.3, -0.25) is 0 Å². The summed E-state index contributed by atoms with van der Waals surface area (Å²) in [5, 5.41) is 1.73. The molecule has 0 amide bonds. The first-order valence-corrected chi connectivity index (χ1v) is 8.42. The first-order chi connectivity index (χ1) is 9.35. The normalized spacial score (nSPS) is 10.6. The van der Waals surface area contributed by atoms with E-state index in [0.717, 1.165) is 10.7 Å². The Balaban J connectivity index is 1.96. The van der Waals surface area contributed by atoms with E-state index in [0.29, 0.717) is 13.2 Å². The summed E-state index contributed by atoms with van der Waals surface area (Å²) >= 11 is 7.01. The van der Waals surface area contributed by atoms with Crippen molar-refractivity contribution in [1.82, 2.24) is 0 Å². The summed E-state index contributed by atoms with van der Waals surface area (Å²) in [6.45, 7) is 1.30. The predicted octanol–water partition coefficient (Wildman–Crippen LogP) is 5.19. The van der Waals surface area contributed by atoms with Crippen LogP contribution in [0.2, 0.25) is 0 Å². The Labute approximate surface area is 131 Å². The molecule has 0 atom stereocenters. The van der Waals surface area contributed by atoms with E-state index in [9.17, 15) is 0 Å². The maximum atomic E-state index is 5.85. The van der Waals surface area contributed by atoms with E-state index < -0.39 is 0 Å². The van der Waals surface area contributed by atoms with Gasteiger partial charge in [-0.15, -0.1) is 0 Å².